The third kappa shape index (κ3) is 1.93. The summed E-state index contributed by atoms with van der Waals surface area (Å²) in [5.74, 6) is -1.01. The van der Waals surface area contributed by atoms with Crippen LogP contribution in [0.2, 0.25) is 5.02 Å². The van der Waals surface area contributed by atoms with Crippen LogP contribution < -0.4 is 10.6 Å². The van der Waals surface area contributed by atoms with Crippen molar-refractivity contribution in [2.75, 3.05) is 23.7 Å². The first-order chi connectivity index (χ1) is 7.59. The molecule has 0 aromatic heterocycles. The predicted octanol–water partition coefficient (Wildman–Crippen LogP) is 2.22. The highest BCUT2D eigenvalue weighted by Gasteiger charge is 2.19. The van der Waals surface area contributed by atoms with Crippen LogP contribution in [0, 0.1) is 0 Å². The molecule has 2 rings (SSSR count). The van der Waals surface area contributed by atoms with E-state index in [4.69, 9.17) is 22.4 Å². The van der Waals surface area contributed by atoms with Crippen molar-refractivity contribution < 1.29 is 9.90 Å². The SMILES string of the molecule is Nc1cc(C(=O)O)cc(Cl)c1N1CCCC1. The van der Waals surface area contributed by atoms with Crippen LogP contribution in [0.5, 0.6) is 0 Å². The molecule has 0 unspecified atom stereocenters. The molecule has 1 aliphatic heterocycles. The molecule has 0 aliphatic carbocycles. The Hall–Kier alpha value is -1.42. The first kappa shape index (κ1) is 11.1. The average Bonchev–Trinajstić information content (AvgIpc) is 2.69. The Bertz CT molecular complexity index is 405. The topological polar surface area (TPSA) is 66.6 Å². The molecule has 1 saturated heterocycles. The summed E-state index contributed by atoms with van der Waals surface area (Å²) in [6.07, 6.45) is 2.24. The fourth-order valence-electron chi connectivity index (χ4n) is 2.02. The largest absolute Gasteiger partial charge is 0.478 e. The zero-order valence-electron chi connectivity index (χ0n) is 8.74. The zero-order valence-corrected chi connectivity index (χ0v) is 9.50. The number of nitrogens with zero attached hydrogens (tertiary/aromatic N) is 1. The zero-order chi connectivity index (χ0) is 11.7. The summed E-state index contributed by atoms with van der Waals surface area (Å²) in [7, 11) is 0. The molecule has 1 aromatic carbocycles. The molecule has 1 fully saturated rings. The van der Waals surface area contributed by atoms with E-state index in [1.54, 1.807) is 0 Å². The number of hydrogen-bond donors (Lipinski definition) is 2. The minimum absolute atomic E-state index is 0.130. The Balaban J connectivity index is 2.42. The van der Waals surface area contributed by atoms with Gasteiger partial charge in [-0.15, -0.1) is 0 Å². The van der Waals surface area contributed by atoms with Crippen LogP contribution >= 0.6 is 11.6 Å². The van der Waals surface area contributed by atoms with Crippen LogP contribution in [0.4, 0.5) is 11.4 Å². The van der Waals surface area contributed by atoms with Gasteiger partial charge in [0, 0.05) is 13.1 Å². The van der Waals surface area contributed by atoms with Gasteiger partial charge >= 0.3 is 5.97 Å². The van der Waals surface area contributed by atoms with Gasteiger partial charge in [-0.25, -0.2) is 4.79 Å². The van der Waals surface area contributed by atoms with E-state index in [-0.39, 0.29) is 5.56 Å². The lowest BCUT2D eigenvalue weighted by atomic mass is 10.1. The van der Waals surface area contributed by atoms with Gasteiger partial charge in [0.2, 0.25) is 0 Å². The van der Waals surface area contributed by atoms with Crippen LogP contribution in [-0.2, 0) is 0 Å². The molecule has 1 aromatic rings. The van der Waals surface area contributed by atoms with Crippen LogP contribution in [0.3, 0.4) is 0 Å². The maximum absolute atomic E-state index is 10.8. The average molecular weight is 241 g/mol. The van der Waals surface area contributed by atoms with E-state index in [1.807, 2.05) is 0 Å². The number of rotatable bonds is 2. The smallest absolute Gasteiger partial charge is 0.335 e. The van der Waals surface area contributed by atoms with Gasteiger partial charge in [-0.2, -0.15) is 0 Å². The maximum atomic E-state index is 10.8. The van der Waals surface area contributed by atoms with Gasteiger partial charge in [0.25, 0.3) is 0 Å². The Kier molecular flexibility index (Phi) is 2.92. The van der Waals surface area contributed by atoms with E-state index in [1.165, 1.54) is 12.1 Å². The molecule has 4 nitrogen and oxygen atoms in total. The predicted molar refractivity (Wildman–Crippen MR) is 64.3 cm³/mol. The monoisotopic (exact) mass is 240 g/mol. The highest BCUT2D eigenvalue weighted by atomic mass is 35.5. The van der Waals surface area contributed by atoms with Gasteiger partial charge in [0.05, 0.1) is 22.0 Å². The molecular weight excluding hydrogens is 228 g/mol. The van der Waals surface area contributed by atoms with E-state index in [2.05, 4.69) is 4.90 Å². The number of benzene rings is 1. The van der Waals surface area contributed by atoms with E-state index >= 15 is 0 Å². The number of carbonyl (C=O) groups is 1. The minimum Gasteiger partial charge on any atom is -0.478 e. The number of halogens is 1. The van der Waals surface area contributed by atoms with Gasteiger partial charge in [0.1, 0.15) is 0 Å². The van der Waals surface area contributed by atoms with E-state index in [0.29, 0.717) is 10.7 Å². The third-order valence-electron chi connectivity index (χ3n) is 2.76. The van der Waals surface area contributed by atoms with Crippen LogP contribution in [0.15, 0.2) is 12.1 Å². The number of carboxylic acids is 1. The van der Waals surface area contributed by atoms with E-state index < -0.39 is 5.97 Å². The van der Waals surface area contributed by atoms with Crippen LogP contribution in [0.1, 0.15) is 23.2 Å². The molecule has 1 heterocycles. The second-order valence-electron chi connectivity index (χ2n) is 3.90. The Morgan fingerprint density at radius 1 is 1.38 bits per heavy atom. The summed E-state index contributed by atoms with van der Waals surface area (Å²) in [6.45, 7) is 1.85. The van der Waals surface area contributed by atoms with Gasteiger partial charge in [0.15, 0.2) is 0 Å². The lowest BCUT2D eigenvalue weighted by Gasteiger charge is -2.21. The Morgan fingerprint density at radius 3 is 2.50 bits per heavy atom. The number of aromatic carboxylic acids is 1. The summed E-state index contributed by atoms with van der Waals surface area (Å²) >= 11 is 6.07. The summed E-state index contributed by atoms with van der Waals surface area (Å²) in [5, 5.41) is 9.28. The third-order valence-corrected chi connectivity index (χ3v) is 3.05. The van der Waals surface area contributed by atoms with Crippen LogP contribution in [-0.4, -0.2) is 24.2 Å². The van der Waals surface area contributed by atoms with Gasteiger partial charge in [-0.3, -0.25) is 0 Å². The number of anilines is 2. The molecule has 0 bridgehead atoms. The van der Waals surface area contributed by atoms with Crippen LogP contribution in [0.25, 0.3) is 0 Å². The molecule has 1 aliphatic rings. The fraction of sp³-hybridized carbons (Fsp3) is 0.364. The van der Waals surface area contributed by atoms with Crippen molar-refractivity contribution in [2.24, 2.45) is 0 Å². The molecule has 3 N–H and O–H groups in total. The molecule has 0 spiro atoms. The number of carboxylic acid groups (broad SMARTS) is 1. The molecule has 0 saturated carbocycles. The lowest BCUT2D eigenvalue weighted by molar-refractivity contribution is 0.0697. The molecular formula is C11H13ClN2O2. The fourth-order valence-corrected chi connectivity index (χ4v) is 2.36. The van der Waals surface area contributed by atoms with Gasteiger partial charge in [-0.1, -0.05) is 11.6 Å². The standard InChI is InChI=1S/C11H13ClN2O2/c12-8-5-7(11(15)16)6-9(13)10(8)14-3-1-2-4-14/h5-6H,1-4,13H2,(H,15,16). The molecule has 86 valence electrons. The van der Waals surface area contributed by atoms with Crippen molar-refractivity contribution in [3.05, 3.63) is 22.7 Å². The first-order valence-corrected chi connectivity index (χ1v) is 5.54. The summed E-state index contributed by atoms with van der Waals surface area (Å²) in [6, 6.07) is 2.91. The number of hydrogen-bond acceptors (Lipinski definition) is 3. The molecule has 0 amide bonds. The Labute approximate surface area is 98.6 Å². The van der Waals surface area contributed by atoms with Crippen molar-refractivity contribution >= 4 is 28.9 Å². The summed E-state index contributed by atoms with van der Waals surface area (Å²) < 4.78 is 0. The second-order valence-corrected chi connectivity index (χ2v) is 4.30. The van der Waals surface area contributed by atoms with Crippen molar-refractivity contribution in [2.45, 2.75) is 12.8 Å². The molecule has 0 atom stereocenters. The van der Waals surface area contributed by atoms with E-state index in [0.717, 1.165) is 31.6 Å². The second kappa shape index (κ2) is 4.22. The van der Waals surface area contributed by atoms with Crippen molar-refractivity contribution in [1.82, 2.24) is 0 Å². The van der Waals surface area contributed by atoms with E-state index in [9.17, 15) is 4.79 Å². The molecule has 5 heteroatoms. The molecule has 16 heavy (non-hydrogen) atoms. The molecule has 0 radical (unpaired) electrons. The Morgan fingerprint density at radius 2 is 2.00 bits per heavy atom. The maximum Gasteiger partial charge on any atom is 0.335 e. The van der Waals surface area contributed by atoms with Crippen molar-refractivity contribution in [1.29, 1.82) is 0 Å². The lowest BCUT2D eigenvalue weighted by Crippen LogP contribution is -2.20. The first-order valence-electron chi connectivity index (χ1n) is 5.17. The quantitative estimate of drug-likeness (QED) is 0.778. The minimum atomic E-state index is -1.01. The van der Waals surface area contributed by atoms with Crippen molar-refractivity contribution in [3.63, 3.8) is 0 Å². The summed E-state index contributed by atoms with van der Waals surface area (Å²) in [5.41, 5.74) is 7.19. The number of nitrogen functional groups attached to an aromatic ring is 1. The van der Waals surface area contributed by atoms with Gasteiger partial charge < -0.3 is 15.7 Å². The van der Waals surface area contributed by atoms with Crippen molar-refractivity contribution in [3.8, 4) is 0 Å². The summed E-state index contributed by atoms with van der Waals surface area (Å²) in [4.78, 5) is 12.9. The number of nitrogens with two attached hydrogens (primary N) is 1. The normalized spacial score (nSPS) is 15.4. The van der Waals surface area contributed by atoms with Gasteiger partial charge in [-0.05, 0) is 25.0 Å². The highest BCUT2D eigenvalue weighted by Crippen LogP contribution is 2.35. The highest BCUT2D eigenvalue weighted by molar-refractivity contribution is 6.34.